The molecule has 134 valence electrons. The second kappa shape index (κ2) is 8.67. The van der Waals surface area contributed by atoms with Gasteiger partial charge in [-0.15, -0.1) is 10.2 Å². The molecule has 0 saturated heterocycles. The molecule has 0 aliphatic heterocycles. The highest BCUT2D eigenvalue weighted by Crippen LogP contribution is 2.26. The smallest absolute Gasteiger partial charge is 0.224 e. The minimum Gasteiger partial charge on any atom is -0.326 e. The number of rotatable bonds is 7. The molecule has 0 saturated carbocycles. The van der Waals surface area contributed by atoms with Crippen LogP contribution >= 0.6 is 11.8 Å². The maximum atomic E-state index is 12.2. The molecule has 0 atom stereocenters. The van der Waals surface area contributed by atoms with Crippen LogP contribution in [0.15, 0.2) is 64.9 Å². The normalized spacial score (nSPS) is 10.7. The van der Waals surface area contributed by atoms with Gasteiger partial charge >= 0.3 is 0 Å². The Bertz CT molecular complexity index is 856. The van der Waals surface area contributed by atoms with Gasteiger partial charge in [0, 0.05) is 24.1 Å². The van der Waals surface area contributed by atoms with Gasteiger partial charge in [0.1, 0.15) is 6.33 Å². The Hall–Kier alpha value is -2.60. The number of aromatic nitrogens is 3. The average Bonchev–Trinajstić information content (AvgIpc) is 3.07. The third-order valence-corrected chi connectivity index (χ3v) is 5.15. The number of carbonyl (C=O) groups excluding carboxylic acids is 1. The van der Waals surface area contributed by atoms with Crippen LogP contribution < -0.4 is 5.32 Å². The summed E-state index contributed by atoms with van der Waals surface area (Å²) in [7, 11) is 1.91. The van der Waals surface area contributed by atoms with E-state index in [2.05, 4.69) is 46.7 Å². The fourth-order valence-corrected chi connectivity index (χ4v) is 3.26. The van der Waals surface area contributed by atoms with Crippen molar-refractivity contribution in [2.45, 2.75) is 36.2 Å². The maximum Gasteiger partial charge on any atom is 0.224 e. The second-order valence-electron chi connectivity index (χ2n) is 6.07. The van der Waals surface area contributed by atoms with Crippen LogP contribution in [0.3, 0.4) is 0 Å². The molecule has 3 aromatic rings. The fourth-order valence-electron chi connectivity index (χ4n) is 2.50. The van der Waals surface area contributed by atoms with Crippen molar-refractivity contribution in [3.8, 4) is 0 Å². The third-order valence-electron chi connectivity index (χ3n) is 4.09. The Labute approximate surface area is 157 Å². The number of hydrogen-bond donors (Lipinski definition) is 1. The second-order valence-corrected chi connectivity index (χ2v) is 7.11. The first kappa shape index (κ1) is 18.2. The standard InChI is InChI=1S/C20H22N4OS/c1-3-15-4-6-16(7-5-15)8-13-19(25)22-17-9-11-18(12-10-17)26-20-23-21-14-24(20)2/h4-7,9-12,14H,3,8,13H2,1-2H3,(H,22,25). The van der Waals surface area contributed by atoms with Crippen molar-refractivity contribution in [1.82, 2.24) is 14.8 Å². The first-order chi connectivity index (χ1) is 12.6. The summed E-state index contributed by atoms with van der Waals surface area (Å²) >= 11 is 1.54. The van der Waals surface area contributed by atoms with Crippen LogP contribution in [-0.4, -0.2) is 20.7 Å². The zero-order valence-corrected chi connectivity index (χ0v) is 15.8. The van der Waals surface area contributed by atoms with Crippen LogP contribution in [0, 0.1) is 0 Å². The fraction of sp³-hybridized carbons (Fsp3) is 0.250. The Balaban J connectivity index is 1.50. The Kier molecular flexibility index (Phi) is 6.07. The van der Waals surface area contributed by atoms with Gasteiger partial charge in [0.2, 0.25) is 5.91 Å². The summed E-state index contributed by atoms with van der Waals surface area (Å²) in [5.74, 6) is 0.0262. The molecule has 2 aromatic carbocycles. The van der Waals surface area contributed by atoms with Crippen molar-refractivity contribution in [1.29, 1.82) is 0 Å². The van der Waals surface area contributed by atoms with E-state index in [0.717, 1.165) is 28.6 Å². The van der Waals surface area contributed by atoms with E-state index < -0.39 is 0 Å². The predicted molar refractivity (Wildman–Crippen MR) is 104 cm³/mol. The van der Waals surface area contributed by atoms with Crippen molar-refractivity contribution >= 4 is 23.4 Å². The number of carbonyl (C=O) groups is 1. The van der Waals surface area contributed by atoms with E-state index in [1.165, 1.54) is 22.9 Å². The summed E-state index contributed by atoms with van der Waals surface area (Å²) in [6, 6.07) is 16.2. The highest BCUT2D eigenvalue weighted by molar-refractivity contribution is 7.99. The SMILES string of the molecule is CCc1ccc(CCC(=O)Nc2ccc(Sc3nncn3C)cc2)cc1. The summed E-state index contributed by atoms with van der Waals surface area (Å²) < 4.78 is 1.87. The van der Waals surface area contributed by atoms with Crippen LogP contribution in [0.4, 0.5) is 5.69 Å². The Morgan fingerprint density at radius 3 is 2.38 bits per heavy atom. The molecule has 0 bridgehead atoms. The van der Waals surface area contributed by atoms with Gasteiger partial charge in [0.15, 0.2) is 5.16 Å². The van der Waals surface area contributed by atoms with Crippen LogP contribution in [0.5, 0.6) is 0 Å². The molecule has 1 aromatic heterocycles. The van der Waals surface area contributed by atoms with Gasteiger partial charge < -0.3 is 9.88 Å². The van der Waals surface area contributed by atoms with Gasteiger partial charge in [0.25, 0.3) is 0 Å². The molecular formula is C20H22N4OS. The van der Waals surface area contributed by atoms with E-state index in [0.29, 0.717) is 6.42 Å². The molecule has 0 aliphatic rings. The number of anilines is 1. The Morgan fingerprint density at radius 2 is 1.77 bits per heavy atom. The van der Waals surface area contributed by atoms with E-state index >= 15 is 0 Å². The maximum absolute atomic E-state index is 12.2. The van der Waals surface area contributed by atoms with E-state index in [1.807, 2.05) is 35.9 Å². The zero-order valence-electron chi connectivity index (χ0n) is 15.0. The topological polar surface area (TPSA) is 59.8 Å². The summed E-state index contributed by atoms with van der Waals surface area (Å²) in [5.41, 5.74) is 3.31. The molecule has 1 N–H and O–H groups in total. The van der Waals surface area contributed by atoms with Crippen molar-refractivity contribution in [3.63, 3.8) is 0 Å². The highest BCUT2D eigenvalue weighted by atomic mass is 32.2. The minimum atomic E-state index is 0.0262. The Morgan fingerprint density at radius 1 is 1.08 bits per heavy atom. The molecule has 0 spiro atoms. The molecule has 5 nitrogen and oxygen atoms in total. The molecule has 3 rings (SSSR count). The van der Waals surface area contributed by atoms with Crippen LogP contribution in [0.1, 0.15) is 24.5 Å². The quantitative estimate of drug-likeness (QED) is 0.684. The monoisotopic (exact) mass is 366 g/mol. The molecule has 0 fully saturated rings. The van der Waals surface area contributed by atoms with Crippen LogP contribution in [0.2, 0.25) is 0 Å². The number of amides is 1. The van der Waals surface area contributed by atoms with Crippen LogP contribution in [-0.2, 0) is 24.7 Å². The highest BCUT2D eigenvalue weighted by Gasteiger charge is 2.06. The summed E-state index contributed by atoms with van der Waals surface area (Å²) in [6.07, 6.45) is 3.93. The van der Waals surface area contributed by atoms with Gasteiger partial charge in [-0.1, -0.05) is 31.2 Å². The van der Waals surface area contributed by atoms with Gasteiger partial charge in [-0.05, 0) is 60.0 Å². The predicted octanol–water partition coefficient (Wildman–Crippen LogP) is 4.10. The molecule has 26 heavy (non-hydrogen) atoms. The molecule has 1 heterocycles. The minimum absolute atomic E-state index is 0.0262. The zero-order chi connectivity index (χ0) is 18.4. The number of aryl methyl sites for hydroxylation is 3. The number of benzene rings is 2. The lowest BCUT2D eigenvalue weighted by atomic mass is 10.1. The summed E-state index contributed by atoms with van der Waals surface area (Å²) in [6.45, 7) is 2.14. The van der Waals surface area contributed by atoms with Gasteiger partial charge in [-0.25, -0.2) is 0 Å². The van der Waals surface area contributed by atoms with E-state index in [4.69, 9.17) is 0 Å². The van der Waals surface area contributed by atoms with E-state index in [9.17, 15) is 4.79 Å². The number of hydrogen-bond acceptors (Lipinski definition) is 4. The molecular weight excluding hydrogens is 344 g/mol. The van der Waals surface area contributed by atoms with Gasteiger partial charge in [0.05, 0.1) is 0 Å². The average molecular weight is 366 g/mol. The molecule has 0 unspecified atom stereocenters. The summed E-state index contributed by atoms with van der Waals surface area (Å²) in [4.78, 5) is 13.2. The lowest BCUT2D eigenvalue weighted by Gasteiger charge is -2.07. The van der Waals surface area contributed by atoms with Crippen molar-refractivity contribution in [2.24, 2.45) is 7.05 Å². The third kappa shape index (κ3) is 4.95. The first-order valence-corrected chi connectivity index (χ1v) is 9.45. The number of nitrogens with one attached hydrogen (secondary N) is 1. The van der Waals surface area contributed by atoms with E-state index in [-0.39, 0.29) is 5.91 Å². The molecule has 6 heteroatoms. The molecule has 0 radical (unpaired) electrons. The van der Waals surface area contributed by atoms with Crippen molar-refractivity contribution < 1.29 is 4.79 Å². The van der Waals surface area contributed by atoms with Crippen molar-refractivity contribution in [3.05, 3.63) is 66.0 Å². The largest absolute Gasteiger partial charge is 0.326 e. The van der Waals surface area contributed by atoms with Gasteiger partial charge in [-0.3, -0.25) is 4.79 Å². The first-order valence-electron chi connectivity index (χ1n) is 8.63. The lowest BCUT2D eigenvalue weighted by Crippen LogP contribution is -2.12. The molecule has 0 aliphatic carbocycles. The summed E-state index contributed by atoms with van der Waals surface area (Å²) in [5, 5.41) is 11.7. The van der Waals surface area contributed by atoms with Crippen molar-refractivity contribution in [2.75, 3.05) is 5.32 Å². The van der Waals surface area contributed by atoms with Crippen LogP contribution in [0.25, 0.3) is 0 Å². The van der Waals surface area contributed by atoms with E-state index in [1.54, 1.807) is 6.33 Å². The number of nitrogens with zero attached hydrogens (tertiary/aromatic N) is 3. The lowest BCUT2D eigenvalue weighted by molar-refractivity contribution is -0.116. The van der Waals surface area contributed by atoms with Gasteiger partial charge in [-0.2, -0.15) is 0 Å². The molecule has 1 amide bonds.